The van der Waals surface area contributed by atoms with Gasteiger partial charge in [0.15, 0.2) is 4.80 Å². The molecule has 0 saturated carbocycles. The first-order chi connectivity index (χ1) is 20.3. The number of fused-ring (bicyclic) bond motifs is 2. The van der Waals surface area contributed by atoms with Crippen molar-refractivity contribution in [1.29, 1.82) is 0 Å². The van der Waals surface area contributed by atoms with E-state index in [4.69, 9.17) is 9.47 Å². The number of nitrogens with zero attached hydrogens (tertiary/aromatic N) is 3. The zero-order valence-corrected chi connectivity index (χ0v) is 23.9. The summed E-state index contributed by atoms with van der Waals surface area (Å²) < 4.78 is 25.9. The number of aromatic nitrogens is 1. The van der Waals surface area contributed by atoms with E-state index in [1.54, 1.807) is 62.3 Å². The van der Waals surface area contributed by atoms with Crippen molar-refractivity contribution in [2.24, 2.45) is 4.99 Å². The van der Waals surface area contributed by atoms with Crippen LogP contribution in [0, 0.1) is 5.82 Å². The third-order valence-electron chi connectivity index (χ3n) is 7.33. The van der Waals surface area contributed by atoms with Gasteiger partial charge < -0.3 is 14.4 Å². The maximum atomic E-state index is 14.3. The number of thiazole rings is 1. The lowest BCUT2D eigenvalue weighted by atomic mass is 9.96. The molecule has 0 saturated heterocycles. The number of allylic oxidation sites excluding steroid dienone is 1. The van der Waals surface area contributed by atoms with Crippen LogP contribution >= 0.6 is 11.3 Å². The Bertz CT molecular complexity index is 1940. The normalized spacial score (nSPS) is 17.1. The van der Waals surface area contributed by atoms with E-state index in [0.29, 0.717) is 33.1 Å². The second-order valence-electron chi connectivity index (χ2n) is 9.81. The summed E-state index contributed by atoms with van der Waals surface area (Å²) in [5.74, 6) is -0.642. The van der Waals surface area contributed by atoms with Crippen molar-refractivity contribution in [3.8, 4) is 5.75 Å². The molecule has 1 unspecified atom stereocenters. The summed E-state index contributed by atoms with van der Waals surface area (Å²) in [7, 11) is 1.56. The van der Waals surface area contributed by atoms with Crippen molar-refractivity contribution in [2.75, 3.05) is 18.6 Å². The minimum atomic E-state index is -0.817. The minimum Gasteiger partial charge on any atom is -0.497 e. The van der Waals surface area contributed by atoms with E-state index in [1.165, 1.54) is 16.7 Å². The number of carbonyl (C=O) groups is 2. The summed E-state index contributed by atoms with van der Waals surface area (Å²) in [6.07, 6.45) is 0. The summed E-state index contributed by atoms with van der Waals surface area (Å²) in [6, 6.07) is 19.5. The highest BCUT2D eigenvalue weighted by Gasteiger charge is 2.37. The van der Waals surface area contributed by atoms with E-state index in [-0.39, 0.29) is 40.6 Å². The highest BCUT2D eigenvalue weighted by molar-refractivity contribution is 7.07. The number of benzene rings is 3. The molecule has 0 spiro atoms. The third-order valence-corrected chi connectivity index (χ3v) is 8.38. The zero-order valence-electron chi connectivity index (χ0n) is 23.1. The van der Waals surface area contributed by atoms with Gasteiger partial charge in [-0.05, 0) is 55.3 Å². The van der Waals surface area contributed by atoms with E-state index >= 15 is 0 Å². The lowest BCUT2D eigenvalue weighted by molar-refractivity contribution is -0.139. The molecule has 0 bridgehead atoms. The van der Waals surface area contributed by atoms with Gasteiger partial charge in [-0.15, -0.1) is 0 Å². The van der Waals surface area contributed by atoms with Gasteiger partial charge in [-0.25, -0.2) is 14.2 Å². The topological polar surface area (TPSA) is 90.2 Å². The molecule has 6 rings (SSSR count). The van der Waals surface area contributed by atoms with E-state index in [1.807, 2.05) is 24.3 Å². The molecule has 1 amide bonds. The van der Waals surface area contributed by atoms with Crippen LogP contribution in [0.4, 0.5) is 10.1 Å². The summed E-state index contributed by atoms with van der Waals surface area (Å²) in [4.78, 5) is 48.0. The first-order valence-electron chi connectivity index (χ1n) is 13.3. The molecule has 3 aromatic carbocycles. The Morgan fingerprint density at radius 3 is 2.43 bits per heavy atom. The number of methoxy groups -OCH3 is 1. The molecular weight excluding hydrogens is 557 g/mol. The van der Waals surface area contributed by atoms with Gasteiger partial charge in [-0.3, -0.25) is 14.2 Å². The summed E-state index contributed by atoms with van der Waals surface area (Å²) in [6.45, 7) is 3.80. The van der Waals surface area contributed by atoms with Crippen LogP contribution in [0.1, 0.15) is 36.6 Å². The van der Waals surface area contributed by atoms with Crippen LogP contribution in [-0.4, -0.2) is 30.2 Å². The van der Waals surface area contributed by atoms with Crippen molar-refractivity contribution in [3.05, 3.63) is 126 Å². The van der Waals surface area contributed by atoms with Gasteiger partial charge in [0.25, 0.3) is 11.5 Å². The van der Waals surface area contributed by atoms with Crippen molar-refractivity contribution < 1.29 is 23.5 Å². The number of rotatable bonds is 6. The maximum Gasteiger partial charge on any atom is 0.338 e. The molecule has 0 N–H and O–H groups in total. The number of hydrogen-bond acceptors (Lipinski definition) is 7. The van der Waals surface area contributed by atoms with Crippen LogP contribution in [0.3, 0.4) is 0 Å². The fraction of sp³-hybridized carbons (Fsp3) is 0.188. The van der Waals surface area contributed by atoms with Crippen molar-refractivity contribution in [3.63, 3.8) is 0 Å². The van der Waals surface area contributed by atoms with Gasteiger partial charge in [-0.1, -0.05) is 53.8 Å². The lowest BCUT2D eigenvalue weighted by Gasteiger charge is -2.24. The SMILES string of the molecule is CCOC(=O)C1=C(C)N=c2sc(=C3C(=O)N(Cc4ccc(F)cc4)c4ccccc43)c(=O)n2C1c1ccc(OC)cc1. The molecule has 42 heavy (non-hydrogen) atoms. The monoisotopic (exact) mass is 583 g/mol. The highest BCUT2D eigenvalue weighted by atomic mass is 32.1. The summed E-state index contributed by atoms with van der Waals surface area (Å²) >= 11 is 1.11. The Balaban J connectivity index is 1.56. The smallest absolute Gasteiger partial charge is 0.338 e. The third kappa shape index (κ3) is 4.53. The first kappa shape index (κ1) is 27.3. The number of halogens is 1. The number of anilines is 1. The molecular formula is C32H26FN3O5S. The second-order valence-corrected chi connectivity index (χ2v) is 10.8. The molecule has 2 aliphatic rings. The zero-order chi connectivity index (χ0) is 29.5. The molecule has 4 aromatic rings. The average molecular weight is 584 g/mol. The molecule has 1 atom stereocenters. The molecule has 0 aliphatic carbocycles. The quantitative estimate of drug-likeness (QED) is 0.322. The maximum absolute atomic E-state index is 14.3. The Labute approximate surface area is 244 Å². The summed E-state index contributed by atoms with van der Waals surface area (Å²) in [5, 5.41) is 0. The lowest BCUT2D eigenvalue weighted by Crippen LogP contribution is -2.41. The van der Waals surface area contributed by atoms with E-state index in [0.717, 1.165) is 16.9 Å². The number of ether oxygens (including phenoxy) is 2. The van der Waals surface area contributed by atoms with Crippen LogP contribution in [0.2, 0.25) is 0 Å². The molecule has 2 aliphatic heterocycles. The average Bonchev–Trinajstić information content (AvgIpc) is 3.45. The number of hydrogen-bond donors (Lipinski definition) is 0. The van der Waals surface area contributed by atoms with Crippen LogP contribution in [0.25, 0.3) is 5.57 Å². The van der Waals surface area contributed by atoms with Gasteiger partial charge in [0.1, 0.15) is 16.1 Å². The summed E-state index contributed by atoms with van der Waals surface area (Å²) in [5.41, 5.74) is 3.21. The van der Waals surface area contributed by atoms with Crippen molar-refractivity contribution in [1.82, 2.24) is 4.57 Å². The van der Waals surface area contributed by atoms with E-state index in [9.17, 15) is 18.8 Å². The molecule has 0 radical (unpaired) electrons. The van der Waals surface area contributed by atoms with Crippen LogP contribution in [0.15, 0.2) is 93.9 Å². The Morgan fingerprint density at radius 2 is 1.74 bits per heavy atom. The fourth-order valence-corrected chi connectivity index (χ4v) is 6.51. The van der Waals surface area contributed by atoms with Crippen molar-refractivity contribution in [2.45, 2.75) is 26.4 Å². The molecule has 10 heteroatoms. The van der Waals surface area contributed by atoms with E-state index < -0.39 is 17.6 Å². The number of para-hydroxylation sites is 1. The second kappa shape index (κ2) is 10.9. The fourth-order valence-electron chi connectivity index (χ4n) is 5.37. The number of amides is 1. The van der Waals surface area contributed by atoms with Crippen molar-refractivity contribution >= 4 is 34.5 Å². The van der Waals surface area contributed by atoms with Gasteiger partial charge >= 0.3 is 5.97 Å². The molecule has 8 nitrogen and oxygen atoms in total. The van der Waals surface area contributed by atoms with E-state index in [2.05, 4.69) is 4.99 Å². The molecule has 212 valence electrons. The Hall–Kier alpha value is -4.83. The highest BCUT2D eigenvalue weighted by Crippen LogP contribution is 2.37. The number of carbonyl (C=O) groups excluding carboxylic acids is 2. The van der Waals surface area contributed by atoms with Gasteiger partial charge in [0, 0.05) is 5.56 Å². The predicted octanol–water partition coefficient (Wildman–Crippen LogP) is 3.86. The van der Waals surface area contributed by atoms with Gasteiger partial charge in [0.2, 0.25) is 0 Å². The molecule has 3 heterocycles. The Kier molecular flexibility index (Phi) is 7.07. The van der Waals surface area contributed by atoms with Crippen LogP contribution < -0.4 is 24.5 Å². The van der Waals surface area contributed by atoms with Crippen LogP contribution in [0.5, 0.6) is 5.75 Å². The van der Waals surface area contributed by atoms with Gasteiger partial charge in [0.05, 0.1) is 48.8 Å². The molecule has 0 fully saturated rings. The molecule has 1 aromatic heterocycles. The van der Waals surface area contributed by atoms with Gasteiger partial charge in [-0.2, -0.15) is 0 Å². The first-order valence-corrected chi connectivity index (χ1v) is 14.2. The predicted molar refractivity (Wildman–Crippen MR) is 156 cm³/mol. The Morgan fingerprint density at radius 1 is 1.02 bits per heavy atom. The minimum absolute atomic E-state index is 0.161. The standard InChI is InChI=1S/C32H26FN3O5S/c1-4-41-31(39)25-18(2)34-32-36(27(25)20-11-15-22(40-3)16-12-20)30(38)28(42-32)26-23-7-5-6-8-24(23)35(29(26)37)17-19-9-13-21(33)14-10-19/h5-16,27H,4,17H2,1-3H3. The number of esters is 1. The van der Waals surface area contributed by atoms with Crippen LogP contribution in [-0.2, 0) is 20.9 Å². The largest absolute Gasteiger partial charge is 0.497 e.